The first kappa shape index (κ1) is 18.7. The Kier molecular flexibility index (Phi) is 6.59. The third kappa shape index (κ3) is 5.47. The van der Waals surface area contributed by atoms with Crippen molar-refractivity contribution in [2.45, 2.75) is 32.0 Å². The molecule has 1 aromatic carbocycles. The number of nitrogens with one attached hydrogen (secondary N) is 2. The van der Waals surface area contributed by atoms with E-state index in [0.717, 1.165) is 18.6 Å². The number of nitrogens with zero attached hydrogens (tertiary/aromatic N) is 1. The number of amides is 1. The van der Waals surface area contributed by atoms with E-state index in [0.29, 0.717) is 32.7 Å². The normalized spacial score (nSPS) is 17.5. The molecule has 0 saturated carbocycles. The number of benzene rings is 1. The predicted molar refractivity (Wildman–Crippen MR) is 84.3 cm³/mol. The lowest BCUT2D eigenvalue weighted by Gasteiger charge is -2.31. The second-order valence-electron chi connectivity index (χ2n) is 5.64. The van der Waals surface area contributed by atoms with Crippen LogP contribution in [0, 0.1) is 0 Å². The van der Waals surface area contributed by atoms with Gasteiger partial charge in [-0.2, -0.15) is 13.2 Å². The summed E-state index contributed by atoms with van der Waals surface area (Å²) in [5.41, 5.74) is 2.50. The molecule has 1 fully saturated rings. The van der Waals surface area contributed by atoms with Crippen molar-refractivity contribution < 1.29 is 22.7 Å². The van der Waals surface area contributed by atoms with Crippen LogP contribution < -0.4 is 10.7 Å². The van der Waals surface area contributed by atoms with Crippen molar-refractivity contribution >= 4 is 11.6 Å². The highest BCUT2D eigenvalue weighted by atomic mass is 19.4. The fourth-order valence-corrected chi connectivity index (χ4v) is 2.46. The highest BCUT2D eigenvalue weighted by Crippen LogP contribution is 2.30. The Bertz CT molecular complexity index is 546. The van der Waals surface area contributed by atoms with E-state index >= 15 is 0 Å². The van der Waals surface area contributed by atoms with Crippen LogP contribution in [0.4, 0.5) is 18.9 Å². The van der Waals surface area contributed by atoms with Gasteiger partial charge in [0.05, 0.1) is 18.8 Å². The van der Waals surface area contributed by atoms with Crippen LogP contribution in [0.15, 0.2) is 24.3 Å². The van der Waals surface area contributed by atoms with Gasteiger partial charge in [-0.05, 0) is 24.6 Å². The van der Waals surface area contributed by atoms with E-state index in [-0.39, 0.29) is 11.6 Å². The highest BCUT2D eigenvalue weighted by Gasteiger charge is 2.30. The molecule has 0 aliphatic carbocycles. The SMILES string of the molecule is CCC[C@H](NN1CCOCC1)C(=O)Nc1cccc(C(F)(F)F)c1. The Morgan fingerprint density at radius 3 is 2.67 bits per heavy atom. The minimum Gasteiger partial charge on any atom is -0.379 e. The summed E-state index contributed by atoms with van der Waals surface area (Å²) in [5.74, 6) is -0.345. The quantitative estimate of drug-likeness (QED) is 0.832. The van der Waals surface area contributed by atoms with E-state index in [1.54, 1.807) is 0 Å². The van der Waals surface area contributed by atoms with Gasteiger partial charge in [-0.1, -0.05) is 19.4 Å². The largest absolute Gasteiger partial charge is 0.416 e. The standard InChI is InChI=1S/C16H22F3N3O2/c1-2-4-14(21-22-7-9-24-10-8-22)15(23)20-13-6-3-5-12(11-13)16(17,18)19/h3,5-6,11,14,21H,2,4,7-10H2,1H3,(H,20,23)/t14-/m0/s1. The van der Waals surface area contributed by atoms with Crippen LogP contribution in [0.2, 0.25) is 0 Å². The molecule has 1 atom stereocenters. The van der Waals surface area contributed by atoms with Crippen LogP contribution in [-0.2, 0) is 15.7 Å². The number of rotatable bonds is 6. The van der Waals surface area contributed by atoms with E-state index in [9.17, 15) is 18.0 Å². The van der Waals surface area contributed by atoms with Gasteiger partial charge in [0, 0.05) is 18.8 Å². The van der Waals surface area contributed by atoms with E-state index in [2.05, 4.69) is 10.7 Å². The van der Waals surface area contributed by atoms with E-state index in [1.807, 2.05) is 11.9 Å². The second kappa shape index (κ2) is 8.46. The second-order valence-corrected chi connectivity index (χ2v) is 5.64. The molecule has 1 heterocycles. The van der Waals surface area contributed by atoms with Crippen molar-refractivity contribution in [2.24, 2.45) is 0 Å². The molecule has 1 saturated heterocycles. The highest BCUT2D eigenvalue weighted by molar-refractivity contribution is 5.94. The van der Waals surface area contributed by atoms with E-state index in [4.69, 9.17) is 4.74 Å². The van der Waals surface area contributed by atoms with Gasteiger partial charge in [-0.3, -0.25) is 4.79 Å². The molecule has 0 bridgehead atoms. The predicted octanol–water partition coefficient (Wildman–Crippen LogP) is 2.65. The van der Waals surface area contributed by atoms with Gasteiger partial charge in [-0.15, -0.1) is 0 Å². The van der Waals surface area contributed by atoms with Gasteiger partial charge >= 0.3 is 6.18 Å². The zero-order chi connectivity index (χ0) is 17.6. The summed E-state index contributed by atoms with van der Waals surface area (Å²) in [6.07, 6.45) is -3.07. The number of anilines is 1. The maximum atomic E-state index is 12.8. The molecule has 24 heavy (non-hydrogen) atoms. The molecule has 8 heteroatoms. The van der Waals surface area contributed by atoms with Gasteiger partial charge in [0.15, 0.2) is 0 Å². The van der Waals surface area contributed by atoms with Crippen molar-refractivity contribution in [1.82, 2.24) is 10.4 Å². The van der Waals surface area contributed by atoms with Crippen molar-refractivity contribution in [3.63, 3.8) is 0 Å². The Morgan fingerprint density at radius 2 is 2.04 bits per heavy atom. The van der Waals surface area contributed by atoms with Gasteiger partial charge in [-0.25, -0.2) is 10.4 Å². The summed E-state index contributed by atoms with van der Waals surface area (Å²) in [6, 6.07) is 4.15. The molecule has 1 aromatic rings. The minimum absolute atomic E-state index is 0.139. The summed E-state index contributed by atoms with van der Waals surface area (Å²) >= 11 is 0. The molecular weight excluding hydrogens is 323 g/mol. The molecule has 0 radical (unpaired) electrons. The molecule has 2 N–H and O–H groups in total. The topological polar surface area (TPSA) is 53.6 Å². The number of morpholine rings is 1. The Balaban J connectivity index is 2.01. The lowest BCUT2D eigenvalue weighted by molar-refractivity contribution is -0.137. The van der Waals surface area contributed by atoms with Crippen LogP contribution in [-0.4, -0.2) is 43.3 Å². The number of hydrogen-bond acceptors (Lipinski definition) is 4. The monoisotopic (exact) mass is 345 g/mol. The molecule has 5 nitrogen and oxygen atoms in total. The van der Waals surface area contributed by atoms with Gasteiger partial charge < -0.3 is 10.1 Å². The summed E-state index contributed by atoms with van der Waals surface area (Å²) < 4.78 is 43.5. The molecule has 134 valence electrons. The number of carbonyl (C=O) groups is 1. The Morgan fingerprint density at radius 1 is 1.33 bits per heavy atom. The average molecular weight is 345 g/mol. The number of hydrazine groups is 1. The third-order valence-electron chi connectivity index (χ3n) is 3.70. The molecule has 1 amide bonds. The summed E-state index contributed by atoms with van der Waals surface area (Å²) in [6.45, 7) is 4.45. The molecule has 2 rings (SSSR count). The molecule has 1 aliphatic heterocycles. The maximum absolute atomic E-state index is 12.8. The Labute approximate surface area is 139 Å². The first-order valence-electron chi connectivity index (χ1n) is 7.97. The van der Waals surface area contributed by atoms with Crippen LogP contribution in [0.1, 0.15) is 25.3 Å². The molecule has 0 spiro atoms. The number of halogens is 3. The van der Waals surface area contributed by atoms with Crippen LogP contribution in [0.5, 0.6) is 0 Å². The summed E-state index contributed by atoms with van der Waals surface area (Å²) in [7, 11) is 0. The van der Waals surface area contributed by atoms with Crippen LogP contribution in [0.25, 0.3) is 0 Å². The fourth-order valence-electron chi connectivity index (χ4n) is 2.46. The lowest BCUT2D eigenvalue weighted by Crippen LogP contribution is -2.53. The lowest BCUT2D eigenvalue weighted by atomic mass is 10.1. The molecule has 0 unspecified atom stereocenters. The number of hydrogen-bond donors (Lipinski definition) is 2. The van der Waals surface area contributed by atoms with Gasteiger partial charge in [0.1, 0.15) is 6.04 Å². The number of ether oxygens (including phenoxy) is 1. The Hall–Kier alpha value is -1.64. The van der Waals surface area contributed by atoms with Gasteiger partial charge in [0.2, 0.25) is 5.91 Å². The van der Waals surface area contributed by atoms with Crippen LogP contribution >= 0.6 is 0 Å². The van der Waals surface area contributed by atoms with Crippen molar-refractivity contribution in [1.29, 1.82) is 0 Å². The van der Waals surface area contributed by atoms with Crippen molar-refractivity contribution in [3.8, 4) is 0 Å². The van der Waals surface area contributed by atoms with E-state index < -0.39 is 17.8 Å². The molecular formula is C16H22F3N3O2. The average Bonchev–Trinajstić information content (AvgIpc) is 2.55. The number of alkyl halides is 3. The zero-order valence-corrected chi connectivity index (χ0v) is 13.5. The summed E-state index contributed by atoms with van der Waals surface area (Å²) in [5, 5.41) is 4.48. The van der Waals surface area contributed by atoms with Crippen LogP contribution in [0.3, 0.4) is 0 Å². The van der Waals surface area contributed by atoms with Crippen molar-refractivity contribution in [2.75, 3.05) is 31.6 Å². The van der Waals surface area contributed by atoms with E-state index in [1.165, 1.54) is 12.1 Å². The first-order chi connectivity index (χ1) is 11.4. The molecule has 1 aliphatic rings. The van der Waals surface area contributed by atoms with Crippen molar-refractivity contribution in [3.05, 3.63) is 29.8 Å². The summed E-state index contributed by atoms with van der Waals surface area (Å²) in [4.78, 5) is 12.4. The number of carbonyl (C=O) groups excluding carboxylic acids is 1. The third-order valence-corrected chi connectivity index (χ3v) is 3.70. The maximum Gasteiger partial charge on any atom is 0.416 e. The van der Waals surface area contributed by atoms with Gasteiger partial charge in [0.25, 0.3) is 0 Å². The zero-order valence-electron chi connectivity index (χ0n) is 13.5. The first-order valence-corrected chi connectivity index (χ1v) is 7.97. The smallest absolute Gasteiger partial charge is 0.379 e. The fraction of sp³-hybridized carbons (Fsp3) is 0.562. The minimum atomic E-state index is -4.43. The molecule has 0 aromatic heterocycles.